The summed E-state index contributed by atoms with van der Waals surface area (Å²) in [5, 5.41) is 10.4. The van der Waals surface area contributed by atoms with E-state index < -0.39 is 18.0 Å². The molecule has 18 heavy (non-hydrogen) atoms. The molecule has 96 valence electrons. The average Bonchev–Trinajstić information content (AvgIpc) is 2.35. The maximum atomic E-state index is 11.5. The number of nitrogens with one attached hydrogen (secondary N) is 1. The highest BCUT2D eigenvalue weighted by Crippen LogP contribution is 1.98. The molecule has 0 saturated heterocycles. The van der Waals surface area contributed by atoms with Crippen LogP contribution in [0.15, 0.2) is 30.3 Å². The van der Waals surface area contributed by atoms with Gasteiger partial charge in [0, 0.05) is 12.0 Å². The van der Waals surface area contributed by atoms with Crippen LogP contribution >= 0.6 is 0 Å². The number of hydrogen-bond donors (Lipinski definition) is 2. The number of aliphatic carboxylic acids is 1. The second kappa shape index (κ2) is 7.05. The first-order valence-electron chi connectivity index (χ1n) is 5.34. The largest absolute Gasteiger partial charge is 0.481 e. The Morgan fingerprint density at radius 3 is 2.44 bits per heavy atom. The fraction of sp³-hybridized carbons (Fsp3) is 0.250. The number of carbonyl (C=O) groups excluding carboxylic acids is 2. The fourth-order valence-electron chi connectivity index (χ4n) is 1.18. The van der Waals surface area contributed by atoms with E-state index >= 15 is 0 Å². The molecular weight excluding hydrogens is 238 g/mol. The Morgan fingerprint density at radius 2 is 1.83 bits per heavy atom. The Morgan fingerprint density at radius 1 is 1.17 bits per heavy atom. The van der Waals surface area contributed by atoms with Gasteiger partial charge in [-0.3, -0.25) is 14.9 Å². The van der Waals surface area contributed by atoms with Crippen molar-refractivity contribution in [2.45, 2.75) is 12.8 Å². The van der Waals surface area contributed by atoms with Gasteiger partial charge in [0.1, 0.15) is 0 Å². The van der Waals surface area contributed by atoms with Crippen molar-refractivity contribution in [1.29, 1.82) is 0 Å². The molecule has 0 aliphatic rings. The first-order valence-corrected chi connectivity index (χ1v) is 5.34. The zero-order chi connectivity index (χ0) is 13.4. The van der Waals surface area contributed by atoms with Gasteiger partial charge in [-0.25, -0.2) is 4.79 Å². The van der Waals surface area contributed by atoms with Gasteiger partial charge in [0.25, 0.3) is 5.91 Å². The third kappa shape index (κ3) is 5.11. The molecule has 0 aliphatic carbocycles. The van der Waals surface area contributed by atoms with E-state index in [1.54, 1.807) is 30.3 Å². The maximum absolute atomic E-state index is 11.5. The Hall–Kier alpha value is -2.37. The van der Waals surface area contributed by atoms with Crippen LogP contribution in [0.3, 0.4) is 0 Å². The van der Waals surface area contributed by atoms with E-state index in [9.17, 15) is 14.4 Å². The number of amides is 2. The lowest BCUT2D eigenvalue weighted by atomic mass is 10.2. The van der Waals surface area contributed by atoms with Gasteiger partial charge in [0.05, 0.1) is 6.61 Å². The second-order valence-electron chi connectivity index (χ2n) is 3.45. The minimum atomic E-state index is -0.959. The Labute approximate surface area is 104 Å². The summed E-state index contributed by atoms with van der Waals surface area (Å²) in [5.74, 6) is -1.52. The first kappa shape index (κ1) is 13.7. The van der Waals surface area contributed by atoms with Crippen LogP contribution in [0, 0.1) is 0 Å². The van der Waals surface area contributed by atoms with Gasteiger partial charge in [-0.15, -0.1) is 0 Å². The van der Waals surface area contributed by atoms with Crippen LogP contribution in [0.25, 0.3) is 0 Å². The van der Waals surface area contributed by atoms with Crippen LogP contribution in [0.1, 0.15) is 23.2 Å². The summed E-state index contributed by atoms with van der Waals surface area (Å²) in [6, 6.07) is 8.22. The summed E-state index contributed by atoms with van der Waals surface area (Å²) in [6.45, 7) is -0.0415. The van der Waals surface area contributed by atoms with E-state index in [1.807, 2.05) is 5.32 Å². The standard InChI is InChI=1S/C12H13NO5/c14-10(15)7-4-8-18-12(17)13-11(16)9-5-2-1-3-6-9/h1-3,5-6H,4,7-8H2,(H,14,15)(H,13,16,17). The topological polar surface area (TPSA) is 92.7 Å². The van der Waals surface area contributed by atoms with Crippen LogP contribution < -0.4 is 5.32 Å². The molecule has 6 heteroatoms. The SMILES string of the molecule is O=C(O)CCCOC(=O)NC(=O)c1ccccc1. The van der Waals surface area contributed by atoms with Crippen molar-refractivity contribution in [1.82, 2.24) is 5.32 Å². The molecule has 2 N–H and O–H groups in total. The monoisotopic (exact) mass is 251 g/mol. The van der Waals surface area contributed by atoms with Gasteiger partial charge in [-0.1, -0.05) is 18.2 Å². The van der Waals surface area contributed by atoms with E-state index in [4.69, 9.17) is 5.11 Å². The molecule has 0 fully saturated rings. The highest BCUT2D eigenvalue weighted by molar-refractivity contribution is 6.02. The first-order chi connectivity index (χ1) is 8.59. The van der Waals surface area contributed by atoms with Crippen LogP contribution in [0.2, 0.25) is 0 Å². The Kier molecular flexibility index (Phi) is 5.37. The summed E-state index contributed by atoms with van der Waals surface area (Å²) in [4.78, 5) is 32.9. The number of carboxylic acids is 1. The van der Waals surface area contributed by atoms with Gasteiger partial charge in [-0.05, 0) is 18.6 Å². The van der Waals surface area contributed by atoms with Crippen molar-refractivity contribution in [2.75, 3.05) is 6.61 Å². The van der Waals surface area contributed by atoms with Gasteiger partial charge in [0.15, 0.2) is 0 Å². The lowest BCUT2D eigenvalue weighted by Gasteiger charge is -2.05. The van der Waals surface area contributed by atoms with Gasteiger partial charge in [0.2, 0.25) is 0 Å². The molecule has 0 heterocycles. The molecule has 0 radical (unpaired) electrons. The number of alkyl carbamates (subject to hydrolysis) is 1. The summed E-state index contributed by atoms with van der Waals surface area (Å²) in [5.41, 5.74) is 0.347. The highest BCUT2D eigenvalue weighted by atomic mass is 16.5. The minimum absolute atomic E-state index is 0.0415. The number of carboxylic acid groups (broad SMARTS) is 1. The van der Waals surface area contributed by atoms with Crippen LogP contribution in [0.5, 0.6) is 0 Å². The maximum Gasteiger partial charge on any atom is 0.414 e. The zero-order valence-electron chi connectivity index (χ0n) is 9.59. The highest BCUT2D eigenvalue weighted by Gasteiger charge is 2.10. The van der Waals surface area contributed by atoms with Crippen molar-refractivity contribution in [3.8, 4) is 0 Å². The van der Waals surface area contributed by atoms with Gasteiger partial charge < -0.3 is 9.84 Å². The lowest BCUT2D eigenvalue weighted by Crippen LogP contribution is -2.31. The number of rotatable bonds is 5. The van der Waals surface area contributed by atoms with Crippen LogP contribution in [-0.4, -0.2) is 29.7 Å². The van der Waals surface area contributed by atoms with Crippen molar-refractivity contribution in [2.24, 2.45) is 0 Å². The average molecular weight is 251 g/mol. The zero-order valence-corrected chi connectivity index (χ0v) is 9.59. The summed E-state index contributed by atoms with van der Waals surface area (Å²) < 4.78 is 4.65. The van der Waals surface area contributed by atoms with Crippen molar-refractivity contribution in [3.63, 3.8) is 0 Å². The quantitative estimate of drug-likeness (QED) is 0.772. The molecule has 1 aromatic rings. The van der Waals surface area contributed by atoms with Crippen LogP contribution in [-0.2, 0) is 9.53 Å². The number of imide groups is 1. The summed E-state index contributed by atoms with van der Waals surface area (Å²) in [6.07, 6.45) is -0.753. The molecule has 0 bridgehead atoms. The van der Waals surface area contributed by atoms with E-state index in [1.165, 1.54) is 0 Å². The summed E-state index contributed by atoms with van der Waals surface area (Å²) in [7, 11) is 0. The lowest BCUT2D eigenvalue weighted by molar-refractivity contribution is -0.137. The molecule has 0 unspecified atom stereocenters. The molecule has 0 spiro atoms. The van der Waals surface area contributed by atoms with Gasteiger partial charge in [-0.2, -0.15) is 0 Å². The third-order valence-corrected chi connectivity index (χ3v) is 2.02. The molecule has 1 rings (SSSR count). The smallest absolute Gasteiger partial charge is 0.414 e. The number of ether oxygens (including phenoxy) is 1. The van der Waals surface area contributed by atoms with Crippen LogP contribution in [0.4, 0.5) is 4.79 Å². The minimum Gasteiger partial charge on any atom is -0.481 e. The van der Waals surface area contributed by atoms with E-state index in [0.717, 1.165) is 0 Å². The summed E-state index contributed by atoms with van der Waals surface area (Å²) >= 11 is 0. The molecule has 0 aliphatic heterocycles. The molecule has 0 atom stereocenters. The predicted molar refractivity (Wildman–Crippen MR) is 62.1 cm³/mol. The van der Waals surface area contributed by atoms with Crippen molar-refractivity contribution in [3.05, 3.63) is 35.9 Å². The predicted octanol–water partition coefficient (Wildman–Crippen LogP) is 1.42. The third-order valence-electron chi connectivity index (χ3n) is 2.02. The molecule has 0 saturated carbocycles. The second-order valence-corrected chi connectivity index (χ2v) is 3.45. The number of hydrogen-bond acceptors (Lipinski definition) is 4. The Bertz CT molecular complexity index is 429. The molecular formula is C12H13NO5. The fourth-order valence-corrected chi connectivity index (χ4v) is 1.18. The van der Waals surface area contributed by atoms with Crippen molar-refractivity contribution >= 4 is 18.0 Å². The molecule has 2 amide bonds. The Balaban J connectivity index is 2.28. The molecule has 1 aromatic carbocycles. The van der Waals surface area contributed by atoms with E-state index in [2.05, 4.69) is 4.74 Å². The molecule has 0 aromatic heterocycles. The van der Waals surface area contributed by atoms with Crippen molar-refractivity contribution < 1.29 is 24.2 Å². The normalized spacial score (nSPS) is 9.56. The number of carbonyl (C=O) groups is 3. The van der Waals surface area contributed by atoms with Gasteiger partial charge >= 0.3 is 12.1 Å². The van der Waals surface area contributed by atoms with E-state index in [-0.39, 0.29) is 19.4 Å². The molecule has 6 nitrogen and oxygen atoms in total. The van der Waals surface area contributed by atoms with E-state index in [0.29, 0.717) is 5.56 Å². The number of benzene rings is 1.